The molecule has 174 valence electrons. The molecule has 2 rings (SSSR count). The molecular formula is C21H31NO8S. The second-order valence-electron chi connectivity index (χ2n) is 7.63. The fraction of sp³-hybridized carbons (Fsp3) is 0.619. The minimum atomic E-state index is -4.54. The summed E-state index contributed by atoms with van der Waals surface area (Å²) < 4.78 is 50.1. The van der Waals surface area contributed by atoms with Gasteiger partial charge in [-0.25, -0.2) is 8.42 Å². The Morgan fingerprint density at radius 2 is 1.77 bits per heavy atom. The summed E-state index contributed by atoms with van der Waals surface area (Å²) in [5, 5.41) is 0. The van der Waals surface area contributed by atoms with Crippen LogP contribution in [0.15, 0.2) is 29.2 Å². The van der Waals surface area contributed by atoms with Crippen molar-refractivity contribution in [2.45, 2.75) is 68.8 Å². The average Bonchev–Trinajstić information content (AvgIpc) is 2.72. The Kier molecular flexibility index (Phi) is 10.2. The van der Waals surface area contributed by atoms with Crippen molar-refractivity contribution in [2.75, 3.05) is 19.8 Å². The van der Waals surface area contributed by atoms with E-state index in [1.54, 1.807) is 0 Å². The van der Waals surface area contributed by atoms with E-state index in [-0.39, 0.29) is 54.7 Å². The van der Waals surface area contributed by atoms with Crippen LogP contribution in [0, 0.1) is 0 Å². The standard InChI is InChI=1S/C21H31NO8S/c1-2-17-13-20(24)21(19(23)9-11-28-10-7-16(22)8-12-29-17)30-14-15-3-5-18(6-4-15)31(25,26)27/h3-6,16-17,21H,2,7-14,22H2,1H3,(H,25,26,27). The molecule has 0 bridgehead atoms. The second-order valence-corrected chi connectivity index (χ2v) is 9.01. The maximum absolute atomic E-state index is 12.8. The van der Waals surface area contributed by atoms with Crippen molar-refractivity contribution in [1.29, 1.82) is 0 Å². The minimum Gasteiger partial charge on any atom is -0.744 e. The molecule has 0 aliphatic carbocycles. The molecule has 3 N–H and O–H groups in total. The van der Waals surface area contributed by atoms with E-state index in [0.29, 0.717) is 25.2 Å². The number of ketones is 2. The van der Waals surface area contributed by atoms with Gasteiger partial charge in [0.15, 0.2) is 17.7 Å². The number of Topliss-reactive ketones (excluding diaryl/α,β-unsaturated/α-hetero) is 2. The number of quaternary nitrogens is 1. The van der Waals surface area contributed by atoms with Crippen LogP contribution in [0.1, 0.15) is 44.6 Å². The van der Waals surface area contributed by atoms with Crippen LogP contribution in [0.4, 0.5) is 0 Å². The van der Waals surface area contributed by atoms with E-state index in [2.05, 4.69) is 5.73 Å². The van der Waals surface area contributed by atoms with Gasteiger partial charge < -0.3 is 24.5 Å². The highest BCUT2D eigenvalue weighted by molar-refractivity contribution is 7.85. The number of carbonyl (C=O) groups is 2. The molecule has 0 saturated carbocycles. The summed E-state index contributed by atoms with van der Waals surface area (Å²) in [6, 6.07) is 5.36. The summed E-state index contributed by atoms with van der Waals surface area (Å²) in [7, 11) is -4.54. The van der Waals surface area contributed by atoms with Crippen LogP contribution in [0.3, 0.4) is 0 Å². The molecule has 1 aromatic carbocycles. The van der Waals surface area contributed by atoms with Gasteiger partial charge in [-0.15, -0.1) is 0 Å². The quantitative estimate of drug-likeness (QED) is 0.500. The minimum absolute atomic E-state index is 0.0449. The van der Waals surface area contributed by atoms with Crippen molar-refractivity contribution in [3.05, 3.63) is 29.8 Å². The predicted octanol–water partition coefficient (Wildman–Crippen LogP) is 0.610. The van der Waals surface area contributed by atoms with Crippen molar-refractivity contribution in [3.63, 3.8) is 0 Å². The molecule has 10 heteroatoms. The highest BCUT2D eigenvalue weighted by Gasteiger charge is 2.29. The molecule has 1 heterocycles. The molecule has 0 radical (unpaired) electrons. The van der Waals surface area contributed by atoms with Crippen LogP contribution in [-0.2, 0) is 40.5 Å². The van der Waals surface area contributed by atoms with Gasteiger partial charge in [-0.05, 0) is 24.1 Å². The van der Waals surface area contributed by atoms with Crippen molar-refractivity contribution < 1.29 is 42.5 Å². The Balaban J connectivity index is 2.07. The molecule has 9 nitrogen and oxygen atoms in total. The number of hydrogen-bond donors (Lipinski definition) is 1. The molecule has 1 aliphatic heterocycles. The Labute approximate surface area is 183 Å². The molecular weight excluding hydrogens is 426 g/mol. The first-order valence-electron chi connectivity index (χ1n) is 10.4. The van der Waals surface area contributed by atoms with Gasteiger partial charge in [0.05, 0.1) is 43.5 Å². The zero-order chi connectivity index (χ0) is 22.9. The summed E-state index contributed by atoms with van der Waals surface area (Å²) >= 11 is 0. The van der Waals surface area contributed by atoms with Gasteiger partial charge in [0.1, 0.15) is 10.1 Å². The highest BCUT2D eigenvalue weighted by atomic mass is 32.2. The van der Waals surface area contributed by atoms with Crippen molar-refractivity contribution in [3.8, 4) is 0 Å². The van der Waals surface area contributed by atoms with Crippen LogP contribution in [0.5, 0.6) is 0 Å². The van der Waals surface area contributed by atoms with Crippen LogP contribution >= 0.6 is 0 Å². The Morgan fingerprint density at radius 1 is 1.10 bits per heavy atom. The smallest absolute Gasteiger partial charge is 0.174 e. The van der Waals surface area contributed by atoms with Crippen LogP contribution in [0.2, 0.25) is 0 Å². The molecule has 0 spiro atoms. The van der Waals surface area contributed by atoms with Crippen LogP contribution in [-0.4, -0.2) is 62.6 Å². The van der Waals surface area contributed by atoms with Gasteiger partial charge in [-0.3, -0.25) is 9.59 Å². The lowest BCUT2D eigenvalue weighted by molar-refractivity contribution is -0.424. The Morgan fingerprint density at radius 3 is 2.42 bits per heavy atom. The fourth-order valence-electron chi connectivity index (χ4n) is 3.15. The van der Waals surface area contributed by atoms with E-state index in [1.807, 2.05) is 6.92 Å². The lowest BCUT2D eigenvalue weighted by Crippen LogP contribution is -2.61. The molecule has 1 aliphatic rings. The van der Waals surface area contributed by atoms with Gasteiger partial charge in [0.2, 0.25) is 0 Å². The third-order valence-corrected chi connectivity index (χ3v) is 5.99. The van der Waals surface area contributed by atoms with Gasteiger partial charge in [0, 0.05) is 25.7 Å². The third-order valence-electron chi connectivity index (χ3n) is 5.14. The number of rotatable bonds is 5. The predicted molar refractivity (Wildman–Crippen MR) is 109 cm³/mol. The van der Waals surface area contributed by atoms with Crippen LogP contribution in [0.25, 0.3) is 0 Å². The lowest BCUT2D eigenvalue weighted by Gasteiger charge is -2.21. The number of carbonyl (C=O) groups excluding carboxylic acids is 2. The van der Waals surface area contributed by atoms with Gasteiger partial charge >= 0.3 is 0 Å². The monoisotopic (exact) mass is 457 g/mol. The van der Waals surface area contributed by atoms with E-state index in [1.165, 1.54) is 24.3 Å². The highest BCUT2D eigenvalue weighted by Crippen LogP contribution is 2.15. The SMILES string of the molecule is CCC1CC(=O)C(OCc2ccc(S(=O)(=O)[O-])cc2)C(=O)CCOCCC([NH3+])CCO1. The van der Waals surface area contributed by atoms with Gasteiger partial charge in [-0.1, -0.05) is 19.1 Å². The second kappa shape index (κ2) is 12.4. The third kappa shape index (κ3) is 8.76. The van der Waals surface area contributed by atoms with Gasteiger partial charge in [0.25, 0.3) is 0 Å². The summed E-state index contributed by atoms with van der Waals surface area (Å²) in [4.78, 5) is 25.1. The normalized spacial score (nSPS) is 25.2. The molecule has 3 atom stereocenters. The molecule has 0 aromatic heterocycles. The summed E-state index contributed by atoms with van der Waals surface area (Å²) in [5.74, 6) is -0.735. The number of benzene rings is 1. The Hall–Kier alpha value is -1.69. The van der Waals surface area contributed by atoms with E-state index >= 15 is 0 Å². The van der Waals surface area contributed by atoms with E-state index in [0.717, 1.165) is 12.8 Å². The first-order chi connectivity index (χ1) is 14.7. The zero-order valence-corrected chi connectivity index (χ0v) is 18.6. The maximum atomic E-state index is 12.8. The zero-order valence-electron chi connectivity index (χ0n) is 17.8. The molecule has 1 aromatic rings. The van der Waals surface area contributed by atoms with Crippen molar-refractivity contribution >= 4 is 21.7 Å². The average molecular weight is 458 g/mol. The molecule has 0 amide bonds. The fourth-order valence-corrected chi connectivity index (χ4v) is 3.62. The first-order valence-corrected chi connectivity index (χ1v) is 11.9. The Bertz CT molecular complexity index is 824. The molecule has 3 unspecified atom stereocenters. The van der Waals surface area contributed by atoms with E-state index in [4.69, 9.17) is 14.2 Å². The molecule has 1 fully saturated rings. The topological polar surface area (TPSA) is 147 Å². The summed E-state index contributed by atoms with van der Waals surface area (Å²) in [6.07, 6.45) is 0.700. The largest absolute Gasteiger partial charge is 0.744 e. The van der Waals surface area contributed by atoms with Crippen molar-refractivity contribution in [1.82, 2.24) is 0 Å². The van der Waals surface area contributed by atoms with Crippen molar-refractivity contribution in [2.24, 2.45) is 0 Å². The summed E-state index contributed by atoms with van der Waals surface area (Å²) in [5.41, 5.74) is 4.60. The van der Waals surface area contributed by atoms with Gasteiger partial charge in [-0.2, -0.15) is 0 Å². The lowest BCUT2D eigenvalue weighted by atomic mass is 10.0. The van der Waals surface area contributed by atoms with E-state index in [9.17, 15) is 22.6 Å². The number of ether oxygens (including phenoxy) is 3. The van der Waals surface area contributed by atoms with E-state index < -0.39 is 16.2 Å². The number of hydrogen-bond acceptors (Lipinski definition) is 8. The maximum Gasteiger partial charge on any atom is 0.174 e. The first kappa shape index (κ1) is 25.6. The van der Waals surface area contributed by atoms with Crippen LogP contribution < -0.4 is 5.73 Å². The molecule has 1 saturated heterocycles. The summed E-state index contributed by atoms with van der Waals surface area (Å²) in [6.45, 7) is 2.99. The molecule has 31 heavy (non-hydrogen) atoms.